The van der Waals surface area contributed by atoms with Gasteiger partial charge in [0, 0.05) is 5.56 Å². The van der Waals surface area contributed by atoms with Gasteiger partial charge < -0.3 is 0 Å². The average Bonchev–Trinajstić information content (AvgIpc) is 2.67. The van der Waals surface area contributed by atoms with Crippen molar-refractivity contribution in [1.29, 1.82) is 0 Å². The van der Waals surface area contributed by atoms with Gasteiger partial charge in [-0.15, -0.1) is 0 Å². The van der Waals surface area contributed by atoms with Gasteiger partial charge in [-0.3, -0.25) is 0 Å². The highest BCUT2D eigenvalue weighted by molar-refractivity contribution is 5.48. The van der Waals surface area contributed by atoms with E-state index in [0.717, 1.165) is 0 Å². The maximum Gasteiger partial charge on any atom is 0.142 e. The standard InChI is InChI=1S/C22H15F3N2/c1-2-15-13-21(24)20(22(25)14-15)12-5-16-3-8-18(9-4-16)26-27-19-10-6-17(23)7-11-19/h3-4,6-11,13-14H,2H2,1H3. The predicted molar refractivity (Wildman–Crippen MR) is 98.7 cm³/mol. The number of nitrogens with zero attached hydrogens (tertiary/aromatic N) is 2. The van der Waals surface area contributed by atoms with Gasteiger partial charge in [-0.05, 0) is 72.6 Å². The smallest absolute Gasteiger partial charge is 0.142 e. The summed E-state index contributed by atoms with van der Waals surface area (Å²) >= 11 is 0. The zero-order valence-electron chi connectivity index (χ0n) is 14.5. The van der Waals surface area contributed by atoms with Gasteiger partial charge in [-0.1, -0.05) is 18.8 Å². The lowest BCUT2D eigenvalue weighted by Crippen LogP contribution is -1.93. The van der Waals surface area contributed by atoms with Crippen molar-refractivity contribution in [2.75, 3.05) is 0 Å². The molecule has 3 rings (SSSR count). The lowest BCUT2D eigenvalue weighted by Gasteiger charge is -2.01. The van der Waals surface area contributed by atoms with Gasteiger partial charge in [0.25, 0.3) is 0 Å². The van der Waals surface area contributed by atoms with Crippen LogP contribution in [0.25, 0.3) is 0 Å². The van der Waals surface area contributed by atoms with Crippen molar-refractivity contribution in [3.8, 4) is 11.8 Å². The van der Waals surface area contributed by atoms with E-state index in [9.17, 15) is 13.2 Å². The first-order valence-electron chi connectivity index (χ1n) is 8.32. The van der Waals surface area contributed by atoms with Crippen LogP contribution in [-0.4, -0.2) is 0 Å². The summed E-state index contributed by atoms with van der Waals surface area (Å²) in [5.74, 6) is 3.62. The summed E-state index contributed by atoms with van der Waals surface area (Å²) in [5.41, 5.74) is 2.05. The largest absolute Gasteiger partial charge is 0.207 e. The maximum atomic E-state index is 14.0. The van der Waals surface area contributed by atoms with E-state index in [-0.39, 0.29) is 11.4 Å². The Morgan fingerprint density at radius 3 is 1.78 bits per heavy atom. The minimum atomic E-state index is -0.663. The van der Waals surface area contributed by atoms with Crippen molar-refractivity contribution in [2.24, 2.45) is 10.2 Å². The summed E-state index contributed by atoms with van der Waals surface area (Å²) < 4.78 is 40.8. The summed E-state index contributed by atoms with van der Waals surface area (Å²) in [6, 6.07) is 15.0. The van der Waals surface area contributed by atoms with E-state index in [2.05, 4.69) is 22.1 Å². The van der Waals surface area contributed by atoms with Crippen molar-refractivity contribution >= 4 is 11.4 Å². The van der Waals surface area contributed by atoms with Crippen LogP contribution >= 0.6 is 0 Å². The SMILES string of the molecule is CCc1cc(F)c(C#Cc2ccc(N=Nc3ccc(F)cc3)cc2)c(F)c1. The molecule has 0 aliphatic carbocycles. The van der Waals surface area contributed by atoms with Crippen LogP contribution in [0.1, 0.15) is 23.6 Å². The molecule has 0 aliphatic heterocycles. The number of benzene rings is 3. The van der Waals surface area contributed by atoms with Crippen LogP contribution in [0.2, 0.25) is 0 Å². The lowest BCUT2D eigenvalue weighted by molar-refractivity contribution is 0.574. The topological polar surface area (TPSA) is 24.7 Å². The summed E-state index contributed by atoms with van der Waals surface area (Å²) in [5, 5.41) is 8.05. The molecule has 0 radical (unpaired) electrons. The van der Waals surface area contributed by atoms with Gasteiger partial charge in [0.05, 0.1) is 16.9 Å². The molecule has 3 aromatic carbocycles. The molecule has 0 amide bonds. The first kappa shape index (κ1) is 18.4. The van der Waals surface area contributed by atoms with Gasteiger partial charge in [0.15, 0.2) is 0 Å². The monoisotopic (exact) mass is 364 g/mol. The molecule has 0 spiro atoms. The third-order valence-electron chi connectivity index (χ3n) is 3.82. The molecule has 27 heavy (non-hydrogen) atoms. The van der Waals surface area contributed by atoms with E-state index in [1.165, 1.54) is 36.4 Å². The molecular weight excluding hydrogens is 349 g/mol. The molecule has 0 N–H and O–H groups in total. The maximum absolute atomic E-state index is 14.0. The molecule has 134 valence electrons. The number of hydrogen-bond acceptors (Lipinski definition) is 2. The molecule has 3 aromatic rings. The highest BCUT2D eigenvalue weighted by Crippen LogP contribution is 2.19. The van der Waals surface area contributed by atoms with Gasteiger partial charge in [0.2, 0.25) is 0 Å². The van der Waals surface area contributed by atoms with Crippen molar-refractivity contribution in [3.05, 3.63) is 94.8 Å². The Balaban J connectivity index is 1.75. The Hall–Kier alpha value is -3.39. The number of halogens is 3. The van der Waals surface area contributed by atoms with Crippen molar-refractivity contribution in [2.45, 2.75) is 13.3 Å². The Kier molecular flexibility index (Phi) is 5.68. The Morgan fingerprint density at radius 2 is 1.26 bits per heavy atom. The molecule has 0 atom stereocenters. The fourth-order valence-corrected chi connectivity index (χ4v) is 2.32. The zero-order valence-corrected chi connectivity index (χ0v) is 14.5. The fourth-order valence-electron chi connectivity index (χ4n) is 2.32. The summed E-state index contributed by atoms with van der Waals surface area (Å²) in [7, 11) is 0. The van der Waals surface area contributed by atoms with Crippen molar-refractivity contribution in [3.63, 3.8) is 0 Å². The molecule has 0 saturated heterocycles. The van der Waals surface area contributed by atoms with Gasteiger partial charge in [0.1, 0.15) is 17.5 Å². The molecule has 2 nitrogen and oxygen atoms in total. The van der Waals surface area contributed by atoms with E-state index in [4.69, 9.17) is 0 Å². The van der Waals surface area contributed by atoms with Crippen LogP contribution < -0.4 is 0 Å². The van der Waals surface area contributed by atoms with Crippen LogP contribution in [0.15, 0.2) is 70.9 Å². The molecule has 0 fully saturated rings. The highest BCUT2D eigenvalue weighted by Gasteiger charge is 2.08. The van der Waals surface area contributed by atoms with Crippen molar-refractivity contribution < 1.29 is 13.2 Å². The van der Waals surface area contributed by atoms with Crippen molar-refractivity contribution in [1.82, 2.24) is 0 Å². The van der Waals surface area contributed by atoms with E-state index >= 15 is 0 Å². The first-order chi connectivity index (χ1) is 13.0. The Labute approximate surface area is 155 Å². The third-order valence-corrected chi connectivity index (χ3v) is 3.82. The Morgan fingerprint density at radius 1 is 0.741 bits per heavy atom. The minimum absolute atomic E-state index is 0.243. The van der Waals surface area contributed by atoms with Crippen LogP contribution in [0.3, 0.4) is 0 Å². The number of hydrogen-bond donors (Lipinski definition) is 0. The second kappa shape index (κ2) is 8.33. The van der Waals surface area contributed by atoms with Gasteiger partial charge >= 0.3 is 0 Å². The molecule has 0 heterocycles. The number of rotatable bonds is 3. The molecule has 0 aliphatic rings. The first-order valence-corrected chi connectivity index (χ1v) is 8.32. The summed E-state index contributed by atoms with van der Waals surface area (Å²) in [4.78, 5) is 0. The minimum Gasteiger partial charge on any atom is -0.207 e. The fraction of sp³-hybridized carbons (Fsp3) is 0.0909. The van der Waals surface area contributed by atoms with Crippen LogP contribution in [0, 0.1) is 29.3 Å². The molecule has 0 aromatic heterocycles. The van der Waals surface area contributed by atoms with Crippen LogP contribution in [-0.2, 0) is 6.42 Å². The third kappa shape index (κ3) is 4.83. The average molecular weight is 364 g/mol. The summed E-state index contributed by atoms with van der Waals surface area (Å²) in [6.07, 6.45) is 0.551. The van der Waals surface area contributed by atoms with Gasteiger partial charge in [-0.25, -0.2) is 13.2 Å². The van der Waals surface area contributed by atoms with Crippen LogP contribution in [0.5, 0.6) is 0 Å². The van der Waals surface area contributed by atoms with Gasteiger partial charge in [-0.2, -0.15) is 10.2 Å². The summed E-state index contributed by atoms with van der Waals surface area (Å²) in [6.45, 7) is 1.83. The molecular formula is C22H15F3N2. The normalized spacial score (nSPS) is 10.7. The lowest BCUT2D eigenvalue weighted by atomic mass is 10.1. The number of azo groups is 1. The van der Waals surface area contributed by atoms with E-state index in [0.29, 0.717) is 28.9 Å². The van der Waals surface area contributed by atoms with E-state index in [1.807, 2.05) is 6.92 Å². The zero-order chi connectivity index (χ0) is 19.2. The molecule has 0 saturated carbocycles. The van der Waals surface area contributed by atoms with E-state index in [1.54, 1.807) is 24.3 Å². The quantitative estimate of drug-likeness (QED) is 0.375. The molecule has 0 bridgehead atoms. The Bertz CT molecular complexity index is 1000. The molecule has 0 unspecified atom stereocenters. The van der Waals surface area contributed by atoms with E-state index < -0.39 is 11.6 Å². The second-order valence-corrected chi connectivity index (χ2v) is 5.76. The van der Waals surface area contributed by atoms with Crippen LogP contribution in [0.4, 0.5) is 24.5 Å². The number of aryl methyl sites for hydroxylation is 1. The predicted octanol–water partition coefficient (Wildman–Crippen LogP) is 6.48. The second-order valence-electron chi connectivity index (χ2n) is 5.76. The molecule has 5 heteroatoms. The highest BCUT2D eigenvalue weighted by atomic mass is 19.1.